The Morgan fingerprint density at radius 1 is 1.16 bits per heavy atom. The summed E-state index contributed by atoms with van der Waals surface area (Å²) in [5, 5.41) is 5.53. The van der Waals surface area contributed by atoms with E-state index < -0.39 is 0 Å². The molecule has 25 heavy (non-hydrogen) atoms. The van der Waals surface area contributed by atoms with Crippen molar-refractivity contribution >= 4 is 11.4 Å². The van der Waals surface area contributed by atoms with E-state index in [1.165, 1.54) is 7.11 Å². The highest BCUT2D eigenvalue weighted by atomic mass is 16.6. The predicted molar refractivity (Wildman–Crippen MR) is 100 cm³/mol. The minimum Gasteiger partial charge on any atom is -0.493 e. The molecule has 0 atom stereocenters. The van der Waals surface area contributed by atoms with Crippen LogP contribution in [0.4, 0.5) is 5.69 Å². The van der Waals surface area contributed by atoms with Crippen molar-refractivity contribution in [3.05, 3.63) is 53.1 Å². The van der Waals surface area contributed by atoms with Gasteiger partial charge in [0, 0.05) is 18.2 Å². The Hall–Kier alpha value is -2.73. The molecule has 2 N–H and O–H groups in total. The van der Waals surface area contributed by atoms with Gasteiger partial charge in [-0.1, -0.05) is 17.3 Å². The van der Waals surface area contributed by atoms with Crippen LogP contribution < -0.4 is 20.3 Å². The number of benzene rings is 2. The molecule has 0 fully saturated rings. The molecule has 2 rings (SSSR count). The molecule has 0 saturated carbocycles. The zero-order valence-corrected chi connectivity index (χ0v) is 15.4. The zero-order chi connectivity index (χ0) is 18.4. The first-order valence-electron chi connectivity index (χ1n) is 7.93. The van der Waals surface area contributed by atoms with E-state index in [9.17, 15) is 0 Å². The second-order valence-corrected chi connectivity index (χ2v) is 5.70. The number of rotatable bonds is 7. The summed E-state index contributed by atoms with van der Waals surface area (Å²) < 4.78 is 11.5. The lowest BCUT2D eigenvalue weighted by atomic mass is 10.1. The van der Waals surface area contributed by atoms with Crippen LogP contribution in [0.25, 0.3) is 0 Å². The lowest BCUT2D eigenvalue weighted by molar-refractivity contribution is 0.213. The van der Waals surface area contributed by atoms with E-state index in [1.54, 1.807) is 12.1 Å². The van der Waals surface area contributed by atoms with Crippen molar-refractivity contribution in [2.75, 3.05) is 26.3 Å². The van der Waals surface area contributed by atoms with Gasteiger partial charge in [0.25, 0.3) is 0 Å². The summed E-state index contributed by atoms with van der Waals surface area (Å²) in [4.78, 5) is 4.82. The number of nitrogens with zero attached hydrogens (tertiary/aromatic N) is 2. The van der Waals surface area contributed by atoms with E-state index in [0.29, 0.717) is 18.1 Å². The van der Waals surface area contributed by atoms with Crippen molar-refractivity contribution in [2.45, 2.75) is 20.5 Å². The van der Waals surface area contributed by atoms with Crippen LogP contribution in [0.5, 0.6) is 11.5 Å². The van der Waals surface area contributed by atoms with Crippen molar-refractivity contribution in [3.8, 4) is 11.5 Å². The lowest BCUT2D eigenvalue weighted by Crippen LogP contribution is -2.26. The van der Waals surface area contributed by atoms with Gasteiger partial charge in [-0.3, -0.25) is 0 Å². The molecule has 0 amide bonds. The fourth-order valence-corrected chi connectivity index (χ4v) is 2.56. The van der Waals surface area contributed by atoms with Gasteiger partial charge in [-0.15, -0.1) is 0 Å². The molecule has 0 saturated heterocycles. The summed E-state index contributed by atoms with van der Waals surface area (Å²) in [6.07, 6.45) is 0. The summed E-state index contributed by atoms with van der Waals surface area (Å²) in [5.74, 6) is 7.21. The van der Waals surface area contributed by atoms with Gasteiger partial charge in [0.2, 0.25) is 0 Å². The van der Waals surface area contributed by atoms with Crippen molar-refractivity contribution < 1.29 is 14.3 Å². The SMILES string of the molecule is CON=C(C)c1ccc(OCc2c(C)cccc2N(C)N)c(OC)c1. The van der Waals surface area contributed by atoms with Gasteiger partial charge in [-0.2, -0.15) is 0 Å². The highest BCUT2D eigenvalue weighted by Crippen LogP contribution is 2.31. The number of methoxy groups -OCH3 is 1. The molecule has 0 aliphatic rings. The van der Waals surface area contributed by atoms with Crippen LogP contribution in [0.1, 0.15) is 23.6 Å². The average Bonchev–Trinajstić information content (AvgIpc) is 2.60. The molecule has 0 aromatic heterocycles. The molecule has 0 aliphatic carbocycles. The molecule has 2 aromatic carbocycles. The third-order valence-electron chi connectivity index (χ3n) is 3.95. The standard InChI is InChI=1S/C19H25N3O3/c1-13-7-6-8-17(22(3)20)16(13)12-25-18-10-9-15(11-19(18)23-4)14(2)21-24-5/h6-11H,12,20H2,1-5H3. The van der Waals surface area contributed by atoms with Gasteiger partial charge in [-0.25, -0.2) is 5.84 Å². The van der Waals surface area contributed by atoms with Crippen molar-refractivity contribution in [1.29, 1.82) is 0 Å². The molecule has 134 valence electrons. The Balaban J connectivity index is 2.26. The third kappa shape index (κ3) is 4.42. The second-order valence-electron chi connectivity index (χ2n) is 5.70. The first-order chi connectivity index (χ1) is 12.0. The Bertz CT molecular complexity index is 758. The van der Waals surface area contributed by atoms with E-state index in [0.717, 1.165) is 28.1 Å². The molecular formula is C19H25N3O3. The molecule has 0 heterocycles. The Labute approximate surface area is 148 Å². The fourth-order valence-electron chi connectivity index (χ4n) is 2.56. The molecule has 6 nitrogen and oxygen atoms in total. The number of hydrogen-bond donors (Lipinski definition) is 1. The Morgan fingerprint density at radius 3 is 2.56 bits per heavy atom. The van der Waals surface area contributed by atoms with Gasteiger partial charge in [0.05, 0.1) is 18.5 Å². The van der Waals surface area contributed by atoms with Gasteiger partial charge in [0.1, 0.15) is 13.7 Å². The van der Waals surface area contributed by atoms with Crippen molar-refractivity contribution in [1.82, 2.24) is 0 Å². The second kappa shape index (κ2) is 8.39. The number of nitrogens with two attached hydrogens (primary N) is 1. The molecule has 0 aliphatic heterocycles. The van der Waals surface area contributed by atoms with Crippen molar-refractivity contribution in [3.63, 3.8) is 0 Å². The maximum absolute atomic E-state index is 6.00. The summed E-state index contributed by atoms with van der Waals surface area (Å²) in [5.41, 5.74) is 4.76. The number of aryl methyl sites for hydroxylation is 1. The van der Waals surface area contributed by atoms with Gasteiger partial charge < -0.3 is 19.3 Å². The summed E-state index contributed by atoms with van der Waals surface area (Å²) in [6, 6.07) is 11.6. The number of anilines is 1. The fraction of sp³-hybridized carbons (Fsp3) is 0.316. The van der Waals surface area contributed by atoms with Crippen molar-refractivity contribution in [2.24, 2.45) is 11.0 Å². The van der Waals surface area contributed by atoms with E-state index >= 15 is 0 Å². The summed E-state index contributed by atoms with van der Waals surface area (Å²) >= 11 is 0. The number of ether oxygens (including phenoxy) is 2. The topological polar surface area (TPSA) is 69.3 Å². The van der Waals surface area contributed by atoms with Gasteiger partial charge in [-0.05, 0) is 43.7 Å². The first-order valence-corrected chi connectivity index (χ1v) is 7.93. The van der Waals surface area contributed by atoms with Crippen LogP contribution in [0, 0.1) is 6.92 Å². The average molecular weight is 343 g/mol. The van der Waals surface area contributed by atoms with E-state index in [-0.39, 0.29) is 0 Å². The normalized spacial score (nSPS) is 11.2. The minimum absolute atomic E-state index is 0.393. The van der Waals surface area contributed by atoms with Crippen LogP contribution >= 0.6 is 0 Å². The third-order valence-corrected chi connectivity index (χ3v) is 3.95. The molecule has 0 bridgehead atoms. The summed E-state index contributed by atoms with van der Waals surface area (Å²) in [6.45, 7) is 4.30. The summed E-state index contributed by atoms with van der Waals surface area (Å²) in [7, 11) is 4.94. The highest BCUT2D eigenvalue weighted by molar-refractivity contribution is 5.98. The maximum atomic E-state index is 6.00. The van der Waals surface area contributed by atoms with Crippen LogP contribution in [0.15, 0.2) is 41.6 Å². The predicted octanol–water partition coefficient (Wildman–Crippen LogP) is 3.26. The lowest BCUT2D eigenvalue weighted by Gasteiger charge is -2.20. The van der Waals surface area contributed by atoms with E-state index in [4.69, 9.17) is 20.2 Å². The number of hydrogen-bond acceptors (Lipinski definition) is 6. The number of oxime groups is 1. The minimum atomic E-state index is 0.393. The molecule has 6 heteroatoms. The molecule has 2 aromatic rings. The molecule has 0 radical (unpaired) electrons. The van der Waals surface area contributed by atoms with E-state index in [1.807, 2.05) is 57.3 Å². The largest absolute Gasteiger partial charge is 0.493 e. The van der Waals surface area contributed by atoms with Crippen LogP contribution in [0.2, 0.25) is 0 Å². The monoisotopic (exact) mass is 343 g/mol. The molecule has 0 unspecified atom stereocenters. The molecule has 0 spiro atoms. The van der Waals surface area contributed by atoms with E-state index in [2.05, 4.69) is 5.16 Å². The zero-order valence-electron chi connectivity index (χ0n) is 15.4. The van der Waals surface area contributed by atoms with Crippen LogP contribution in [-0.4, -0.2) is 27.0 Å². The molecular weight excluding hydrogens is 318 g/mol. The Kier molecular flexibility index (Phi) is 6.25. The maximum Gasteiger partial charge on any atom is 0.161 e. The highest BCUT2D eigenvalue weighted by Gasteiger charge is 2.12. The smallest absolute Gasteiger partial charge is 0.161 e. The first kappa shape index (κ1) is 18.6. The van der Waals surface area contributed by atoms with Gasteiger partial charge >= 0.3 is 0 Å². The van der Waals surface area contributed by atoms with Crippen LogP contribution in [0.3, 0.4) is 0 Å². The van der Waals surface area contributed by atoms with Crippen LogP contribution in [-0.2, 0) is 11.4 Å². The quantitative estimate of drug-likeness (QED) is 0.475. The number of hydrazine groups is 1. The van der Waals surface area contributed by atoms with Gasteiger partial charge in [0.15, 0.2) is 11.5 Å². The Morgan fingerprint density at radius 2 is 1.92 bits per heavy atom.